The van der Waals surface area contributed by atoms with Crippen molar-refractivity contribution in [1.29, 1.82) is 0 Å². The zero-order valence-corrected chi connectivity index (χ0v) is 16.2. The summed E-state index contributed by atoms with van der Waals surface area (Å²) >= 11 is 0. The minimum atomic E-state index is -0.0670. The van der Waals surface area contributed by atoms with Gasteiger partial charge in [0, 0.05) is 61.0 Å². The number of nitrogens with one attached hydrogen (secondary N) is 1. The van der Waals surface area contributed by atoms with Gasteiger partial charge in [-0.2, -0.15) is 0 Å². The Bertz CT molecular complexity index is 1160. The highest BCUT2D eigenvalue weighted by Crippen LogP contribution is 2.33. The average molecular weight is 370 g/mol. The molecule has 5 nitrogen and oxygen atoms in total. The normalized spacial score (nSPS) is 11.0. The van der Waals surface area contributed by atoms with Gasteiger partial charge >= 0.3 is 0 Å². The van der Waals surface area contributed by atoms with Crippen LogP contribution in [0.1, 0.15) is 22.8 Å². The van der Waals surface area contributed by atoms with E-state index in [1.54, 1.807) is 31.4 Å². The third-order valence-corrected chi connectivity index (χ3v) is 4.94. The van der Waals surface area contributed by atoms with Crippen LogP contribution in [0.5, 0.6) is 0 Å². The molecule has 0 atom stereocenters. The van der Waals surface area contributed by atoms with Gasteiger partial charge < -0.3 is 9.88 Å². The van der Waals surface area contributed by atoms with Crippen molar-refractivity contribution in [3.8, 4) is 22.3 Å². The number of hydrogen-bond acceptors (Lipinski definition) is 3. The predicted molar refractivity (Wildman–Crippen MR) is 112 cm³/mol. The van der Waals surface area contributed by atoms with Crippen molar-refractivity contribution in [2.24, 2.45) is 0 Å². The number of rotatable bonds is 4. The molecule has 1 amide bonds. The second-order valence-corrected chi connectivity index (χ2v) is 7.00. The van der Waals surface area contributed by atoms with Gasteiger partial charge in [0.05, 0.1) is 5.56 Å². The fourth-order valence-corrected chi connectivity index (χ4v) is 3.45. The molecule has 5 heteroatoms. The number of aryl methyl sites for hydroxylation is 1. The highest BCUT2D eigenvalue weighted by atomic mass is 16.2. The van der Waals surface area contributed by atoms with Gasteiger partial charge in [0.1, 0.15) is 5.65 Å². The third-order valence-electron chi connectivity index (χ3n) is 4.94. The lowest BCUT2D eigenvalue weighted by Crippen LogP contribution is -2.21. The van der Waals surface area contributed by atoms with Crippen LogP contribution in [0.25, 0.3) is 33.3 Å². The summed E-state index contributed by atoms with van der Waals surface area (Å²) in [4.78, 5) is 25.9. The number of benzene rings is 1. The quantitative estimate of drug-likeness (QED) is 0.573. The molecule has 140 valence electrons. The predicted octanol–water partition coefficient (Wildman–Crippen LogP) is 4.56. The first-order valence-electron chi connectivity index (χ1n) is 9.31. The minimum Gasteiger partial charge on any atom is -0.346 e. The van der Waals surface area contributed by atoms with E-state index in [2.05, 4.69) is 52.2 Å². The maximum atomic E-state index is 12.3. The van der Waals surface area contributed by atoms with E-state index >= 15 is 0 Å². The van der Waals surface area contributed by atoms with Gasteiger partial charge in [0.15, 0.2) is 0 Å². The van der Waals surface area contributed by atoms with E-state index in [1.807, 2.05) is 18.5 Å². The molecular formula is C23H22N4O. The van der Waals surface area contributed by atoms with Gasteiger partial charge in [0.25, 0.3) is 5.91 Å². The lowest BCUT2D eigenvalue weighted by atomic mass is 9.97. The summed E-state index contributed by atoms with van der Waals surface area (Å²) in [6.45, 7) is 2.16. The van der Waals surface area contributed by atoms with Gasteiger partial charge in [-0.3, -0.25) is 9.78 Å². The zero-order valence-electron chi connectivity index (χ0n) is 16.2. The van der Waals surface area contributed by atoms with Crippen LogP contribution >= 0.6 is 0 Å². The molecular weight excluding hydrogens is 348 g/mol. The van der Waals surface area contributed by atoms with E-state index in [4.69, 9.17) is 0 Å². The zero-order chi connectivity index (χ0) is 19.7. The molecule has 4 aromatic rings. The Morgan fingerprint density at radius 3 is 2.61 bits per heavy atom. The molecule has 0 saturated carbocycles. The molecule has 0 fully saturated rings. The smallest absolute Gasteiger partial charge is 0.254 e. The summed E-state index contributed by atoms with van der Waals surface area (Å²) in [6.07, 6.45) is 8.16. The summed E-state index contributed by atoms with van der Waals surface area (Å²) < 4.78 is 0. The largest absolute Gasteiger partial charge is 0.346 e. The Balaban J connectivity index is 1.83. The van der Waals surface area contributed by atoms with E-state index in [0.717, 1.165) is 34.1 Å². The molecule has 0 radical (unpaired) electrons. The van der Waals surface area contributed by atoms with Crippen LogP contribution in [0.15, 0.2) is 61.2 Å². The topological polar surface area (TPSA) is 61.9 Å². The minimum absolute atomic E-state index is 0.0670. The van der Waals surface area contributed by atoms with Crippen molar-refractivity contribution >= 4 is 16.9 Å². The second-order valence-electron chi connectivity index (χ2n) is 7.00. The number of pyridine rings is 2. The molecule has 0 saturated heterocycles. The molecule has 3 aromatic heterocycles. The van der Waals surface area contributed by atoms with Gasteiger partial charge in [0.2, 0.25) is 0 Å². The molecule has 0 aliphatic rings. The maximum Gasteiger partial charge on any atom is 0.254 e. The lowest BCUT2D eigenvalue weighted by molar-refractivity contribution is 0.0827. The van der Waals surface area contributed by atoms with Crippen LogP contribution in [0.2, 0.25) is 0 Å². The van der Waals surface area contributed by atoms with Gasteiger partial charge in [-0.1, -0.05) is 31.2 Å². The molecule has 0 spiro atoms. The number of carbonyl (C=O) groups is 1. The van der Waals surface area contributed by atoms with Crippen molar-refractivity contribution in [2.45, 2.75) is 13.3 Å². The van der Waals surface area contributed by atoms with Crippen LogP contribution < -0.4 is 0 Å². The molecule has 1 N–H and O–H groups in total. The maximum absolute atomic E-state index is 12.3. The highest BCUT2D eigenvalue weighted by molar-refractivity contribution is 5.97. The molecule has 0 aliphatic carbocycles. The molecule has 3 heterocycles. The monoisotopic (exact) mass is 370 g/mol. The first-order valence-corrected chi connectivity index (χ1v) is 9.31. The number of amides is 1. The second kappa shape index (κ2) is 7.27. The van der Waals surface area contributed by atoms with Crippen molar-refractivity contribution in [1.82, 2.24) is 19.9 Å². The number of nitrogens with zero attached hydrogens (tertiary/aromatic N) is 3. The van der Waals surface area contributed by atoms with Gasteiger partial charge in [-0.05, 0) is 29.7 Å². The Hall–Kier alpha value is -3.47. The number of aromatic amines is 1. The molecule has 0 aliphatic heterocycles. The SMILES string of the molecule is CCc1ccccc1-c1c[nH]c2ncc(-c3cncc(C(=O)N(C)C)c3)cc12. The highest BCUT2D eigenvalue weighted by Gasteiger charge is 2.13. The first-order chi connectivity index (χ1) is 13.6. The number of H-pyrrole nitrogens is 1. The molecule has 4 rings (SSSR count). The van der Waals surface area contributed by atoms with Gasteiger partial charge in [-0.25, -0.2) is 4.98 Å². The van der Waals surface area contributed by atoms with Crippen LogP contribution in [0, 0.1) is 0 Å². The first kappa shape index (κ1) is 17.9. The fourth-order valence-electron chi connectivity index (χ4n) is 3.45. The van der Waals surface area contributed by atoms with Crippen LogP contribution in [0.3, 0.4) is 0 Å². The summed E-state index contributed by atoms with van der Waals surface area (Å²) in [5.74, 6) is -0.0670. The number of carbonyl (C=O) groups excluding carboxylic acids is 1. The molecule has 28 heavy (non-hydrogen) atoms. The van der Waals surface area contributed by atoms with Crippen molar-refractivity contribution in [3.63, 3.8) is 0 Å². The van der Waals surface area contributed by atoms with Gasteiger partial charge in [-0.15, -0.1) is 0 Å². The van der Waals surface area contributed by atoms with E-state index in [-0.39, 0.29) is 5.91 Å². The van der Waals surface area contributed by atoms with E-state index < -0.39 is 0 Å². The van der Waals surface area contributed by atoms with Crippen LogP contribution in [-0.4, -0.2) is 39.9 Å². The average Bonchev–Trinajstić information content (AvgIpc) is 3.16. The van der Waals surface area contributed by atoms with Crippen LogP contribution in [0.4, 0.5) is 0 Å². The summed E-state index contributed by atoms with van der Waals surface area (Å²) in [7, 11) is 3.47. The third kappa shape index (κ3) is 3.16. The fraction of sp³-hybridized carbons (Fsp3) is 0.174. The summed E-state index contributed by atoms with van der Waals surface area (Å²) in [6, 6.07) is 12.4. The number of hydrogen-bond donors (Lipinski definition) is 1. The van der Waals surface area contributed by atoms with Crippen molar-refractivity contribution in [2.75, 3.05) is 14.1 Å². The number of aromatic nitrogens is 3. The Labute approximate surface area is 164 Å². The summed E-state index contributed by atoms with van der Waals surface area (Å²) in [5.41, 5.74) is 6.86. The molecule has 1 aromatic carbocycles. The number of fused-ring (bicyclic) bond motifs is 1. The Kier molecular flexibility index (Phi) is 4.65. The van der Waals surface area contributed by atoms with Crippen LogP contribution in [-0.2, 0) is 6.42 Å². The molecule has 0 unspecified atom stereocenters. The van der Waals surface area contributed by atoms with E-state index in [9.17, 15) is 4.79 Å². The molecule has 0 bridgehead atoms. The Morgan fingerprint density at radius 1 is 1.04 bits per heavy atom. The Morgan fingerprint density at radius 2 is 1.82 bits per heavy atom. The van der Waals surface area contributed by atoms with E-state index in [1.165, 1.54) is 11.1 Å². The lowest BCUT2D eigenvalue weighted by Gasteiger charge is -2.11. The van der Waals surface area contributed by atoms with Crippen molar-refractivity contribution in [3.05, 3.63) is 72.3 Å². The standard InChI is InChI=1S/C23H22N4O/c1-4-15-7-5-6-8-19(15)21-14-26-22-20(21)10-17(13-25-22)16-9-18(12-24-11-16)23(28)27(2)3/h5-14H,4H2,1-3H3,(H,25,26). The van der Waals surface area contributed by atoms with E-state index in [0.29, 0.717) is 5.56 Å². The summed E-state index contributed by atoms with van der Waals surface area (Å²) in [5, 5.41) is 1.06. The van der Waals surface area contributed by atoms with Crippen molar-refractivity contribution < 1.29 is 4.79 Å².